The normalized spacial score (nSPS) is 12.9. The maximum atomic E-state index is 12.8. The summed E-state index contributed by atoms with van der Waals surface area (Å²) < 4.78 is 78.2. The molecule has 0 bridgehead atoms. The molecule has 3 rings (SSSR count). The van der Waals surface area contributed by atoms with Crippen LogP contribution in [0.15, 0.2) is 65.6 Å². The summed E-state index contributed by atoms with van der Waals surface area (Å²) in [7, 11) is -4.09. The Bertz CT molecular complexity index is 1610. The van der Waals surface area contributed by atoms with E-state index in [0.717, 1.165) is 12.1 Å². The van der Waals surface area contributed by atoms with Crippen molar-refractivity contribution in [3.8, 4) is 29.1 Å². The zero-order chi connectivity index (χ0) is 29.7. The molecule has 0 fully saturated rings. The van der Waals surface area contributed by atoms with Crippen molar-refractivity contribution in [1.82, 2.24) is 0 Å². The number of hydrogen-bond acceptors (Lipinski definition) is 7. The fraction of sp³-hybridized carbons (Fsp3) is 0.222. The predicted octanol–water partition coefficient (Wildman–Crippen LogP) is 6.64. The first-order chi connectivity index (χ1) is 18.7. The lowest BCUT2D eigenvalue weighted by molar-refractivity contribution is -0.0436. The first-order valence-corrected chi connectivity index (χ1v) is 13.1. The molecule has 8 nitrogen and oxygen atoms in total. The molecule has 1 atom stereocenters. The molecule has 13 heteroatoms. The number of Topliss-reactive ketones (excluding diaryl/α,β-unsaturated/α-hetero) is 1. The van der Waals surface area contributed by atoms with E-state index in [1.54, 1.807) is 12.1 Å². The smallest absolute Gasteiger partial charge is 0.497 e. The highest BCUT2D eigenvalue weighted by atomic mass is 35.5. The van der Waals surface area contributed by atoms with Crippen molar-refractivity contribution < 1.29 is 40.6 Å². The molecule has 0 amide bonds. The quantitative estimate of drug-likeness (QED) is 0.192. The maximum Gasteiger partial charge on any atom is 0.501 e. The molecule has 3 aromatic carbocycles. The highest BCUT2D eigenvalue weighted by molar-refractivity contribution is 7.92. The van der Waals surface area contributed by atoms with Crippen LogP contribution in [0.1, 0.15) is 29.3 Å². The molecule has 0 heterocycles. The lowest BCUT2D eigenvalue weighted by Crippen LogP contribution is -2.32. The second-order valence-corrected chi connectivity index (χ2v) is 11.0. The summed E-state index contributed by atoms with van der Waals surface area (Å²) in [6.07, 6.45) is -0.402. The number of methoxy groups -OCH3 is 1. The van der Waals surface area contributed by atoms with Crippen LogP contribution in [-0.2, 0) is 9.84 Å². The van der Waals surface area contributed by atoms with Crippen LogP contribution < -0.4 is 14.2 Å². The highest BCUT2D eigenvalue weighted by Gasteiger charge is 2.46. The van der Waals surface area contributed by atoms with E-state index in [0.29, 0.717) is 17.9 Å². The van der Waals surface area contributed by atoms with Crippen LogP contribution in [0.4, 0.5) is 13.2 Å². The van der Waals surface area contributed by atoms with E-state index in [1.807, 2.05) is 6.07 Å². The van der Waals surface area contributed by atoms with Crippen LogP contribution in [0, 0.1) is 17.9 Å². The lowest BCUT2D eigenvalue weighted by Gasteiger charge is -2.19. The van der Waals surface area contributed by atoms with E-state index in [2.05, 4.69) is 4.85 Å². The van der Waals surface area contributed by atoms with Crippen molar-refractivity contribution in [2.75, 3.05) is 13.7 Å². The largest absolute Gasteiger partial charge is 0.501 e. The molecule has 0 saturated heterocycles. The van der Waals surface area contributed by atoms with Crippen LogP contribution in [0.25, 0.3) is 4.85 Å². The van der Waals surface area contributed by atoms with Gasteiger partial charge in [-0.3, -0.25) is 4.79 Å². The van der Waals surface area contributed by atoms with Gasteiger partial charge < -0.3 is 19.1 Å². The van der Waals surface area contributed by atoms with Gasteiger partial charge in [-0.1, -0.05) is 23.7 Å². The van der Waals surface area contributed by atoms with Gasteiger partial charge in [-0.2, -0.15) is 18.4 Å². The Morgan fingerprint density at radius 2 is 1.70 bits per heavy atom. The van der Waals surface area contributed by atoms with Crippen molar-refractivity contribution in [2.45, 2.75) is 29.3 Å². The van der Waals surface area contributed by atoms with Crippen molar-refractivity contribution >= 4 is 27.2 Å². The van der Waals surface area contributed by atoms with Crippen LogP contribution in [-0.4, -0.2) is 39.0 Å². The minimum atomic E-state index is -5.57. The molecule has 0 aliphatic heterocycles. The monoisotopic (exact) mass is 592 g/mol. The van der Waals surface area contributed by atoms with Crippen molar-refractivity contribution in [3.63, 3.8) is 0 Å². The van der Waals surface area contributed by atoms with E-state index < -0.39 is 38.0 Å². The summed E-state index contributed by atoms with van der Waals surface area (Å²) in [6, 6.07) is 14.3. The molecule has 0 aromatic heterocycles. The SMILES string of the molecule is [C-]#[N+]C(C)(COc1cc(C#N)ccc1Oc1ccc(OC)cc1Cl)CC(=O)c1ccc(S(=O)(=O)C(F)(F)F)cc1. The summed E-state index contributed by atoms with van der Waals surface area (Å²) >= 11 is 6.25. The minimum Gasteiger partial charge on any atom is -0.497 e. The number of halogens is 4. The Labute approximate surface area is 233 Å². The van der Waals surface area contributed by atoms with Gasteiger partial charge in [0.05, 0.1) is 35.1 Å². The van der Waals surface area contributed by atoms with E-state index in [4.69, 9.17) is 32.4 Å². The number of alkyl halides is 3. The van der Waals surface area contributed by atoms with Gasteiger partial charge in [0.15, 0.2) is 23.9 Å². The van der Waals surface area contributed by atoms with Gasteiger partial charge >= 0.3 is 5.51 Å². The van der Waals surface area contributed by atoms with E-state index in [-0.39, 0.29) is 40.0 Å². The Morgan fingerprint density at radius 1 is 1.05 bits per heavy atom. The number of carbonyl (C=O) groups is 1. The molecule has 0 aliphatic carbocycles. The molecule has 1 unspecified atom stereocenters. The fourth-order valence-corrected chi connectivity index (χ4v) is 4.31. The number of nitriles is 1. The number of ether oxygens (including phenoxy) is 3. The Hall–Kier alpha value is -4.26. The summed E-state index contributed by atoms with van der Waals surface area (Å²) in [5.74, 6) is 0.408. The molecular formula is C27H20ClF3N2O6S. The molecule has 3 aromatic rings. The molecular weight excluding hydrogens is 573 g/mol. The van der Waals surface area contributed by atoms with Gasteiger partial charge in [0.1, 0.15) is 11.5 Å². The lowest BCUT2D eigenvalue weighted by atomic mass is 9.94. The maximum absolute atomic E-state index is 12.8. The van der Waals surface area contributed by atoms with Crippen molar-refractivity contribution in [3.05, 3.63) is 88.2 Å². The van der Waals surface area contributed by atoms with Gasteiger partial charge in [0.25, 0.3) is 15.4 Å². The third kappa shape index (κ3) is 6.84. The summed E-state index contributed by atoms with van der Waals surface area (Å²) in [6.45, 7) is 8.73. The standard InChI is InChI=1S/C27H20ClF3N2O6S/c1-26(33-2,14-22(34)18-5-8-20(9-6-18)40(35,36)27(29,30)31)16-38-25-12-17(15-32)4-10-24(25)39-23-11-7-19(37-3)13-21(23)28/h4-13H,14,16H2,1,3H3. The fourth-order valence-electron chi connectivity index (χ4n) is 3.34. The van der Waals surface area contributed by atoms with Gasteiger partial charge in [0.2, 0.25) is 0 Å². The number of carbonyl (C=O) groups excluding carboxylic acids is 1. The van der Waals surface area contributed by atoms with Crippen LogP contribution in [0.5, 0.6) is 23.0 Å². The van der Waals surface area contributed by atoms with Gasteiger partial charge in [-0.05, 0) is 36.4 Å². The zero-order valence-corrected chi connectivity index (χ0v) is 22.5. The minimum absolute atomic E-state index is 0.0827. The molecule has 0 spiro atoms. The third-order valence-corrected chi connectivity index (χ3v) is 7.37. The van der Waals surface area contributed by atoms with E-state index >= 15 is 0 Å². The number of sulfone groups is 1. The Kier molecular flexibility index (Phi) is 8.98. The van der Waals surface area contributed by atoms with Gasteiger partial charge in [-0.15, -0.1) is 0 Å². The summed E-state index contributed by atoms with van der Waals surface area (Å²) in [5, 5.41) is 9.54. The molecule has 0 aliphatic rings. The highest BCUT2D eigenvalue weighted by Crippen LogP contribution is 2.38. The van der Waals surface area contributed by atoms with E-state index in [9.17, 15) is 31.6 Å². The molecule has 0 radical (unpaired) electrons. The first kappa shape index (κ1) is 30.3. The number of nitrogens with zero attached hydrogens (tertiary/aromatic N) is 2. The molecule has 40 heavy (non-hydrogen) atoms. The van der Waals surface area contributed by atoms with Crippen molar-refractivity contribution in [2.24, 2.45) is 0 Å². The average molecular weight is 593 g/mol. The molecule has 0 saturated carbocycles. The Balaban J connectivity index is 1.79. The van der Waals surface area contributed by atoms with Gasteiger partial charge in [0, 0.05) is 24.6 Å². The molecule has 0 N–H and O–H groups in total. The second-order valence-electron chi connectivity index (χ2n) is 8.64. The predicted molar refractivity (Wildman–Crippen MR) is 138 cm³/mol. The van der Waals surface area contributed by atoms with Crippen LogP contribution in [0.3, 0.4) is 0 Å². The molecule has 208 valence electrons. The third-order valence-electron chi connectivity index (χ3n) is 5.57. The number of hydrogen-bond donors (Lipinski definition) is 0. The first-order valence-electron chi connectivity index (χ1n) is 11.2. The van der Waals surface area contributed by atoms with Gasteiger partial charge in [-0.25, -0.2) is 15.0 Å². The summed E-state index contributed by atoms with van der Waals surface area (Å²) in [5.41, 5.74) is -6.77. The topological polar surface area (TPSA) is 107 Å². The van der Waals surface area contributed by atoms with Crippen molar-refractivity contribution in [1.29, 1.82) is 5.26 Å². The van der Waals surface area contributed by atoms with Crippen LogP contribution in [0.2, 0.25) is 5.02 Å². The number of ketones is 1. The van der Waals surface area contributed by atoms with E-state index in [1.165, 1.54) is 38.3 Å². The number of benzene rings is 3. The number of rotatable bonds is 10. The Morgan fingerprint density at radius 3 is 2.25 bits per heavy atom. The van der Waals surface area contributed by atoms with Crippen LogP contribution >= 0.6 is 11.6 Å². The average Bonchev–Trinajstić information content (AvgIpc) is 2.92. The second kappa shape index (κ2) is 11.9. The zero-order valence-electron chi connectivity index (χ0n) is 21.0. The summed E-state index contributed by atoms with van der Waals surface area (Å²) in [4.78, 5) is 15.3.